The Morgan fingerprint density at radius 2 is 1.81 bits per heavy atom. The van der Waals surface area contributed by atoms with E-state index in [1.807, 2.05) is 24.3 Å². The molecule has 0 aliphatic rings. The van der Waals surface area contributed by atoms with Crippen molar-refractivity contribution in [2.45, 2.75) is 52.9 Å². The van der Waals surface area contributed by atoms with E-state index in [1.54, 1.807) is 17.9 Å². The van der Waals surface area contributed by atoms with Gasteiger partial charge in [-0.05, 0) is 43.9 Å². The zero-order chi connectivity index (χ0) is 19.6. The number of hydrogen-bond acceptors (Lipinski definition) is 4. The standard InChI is InChI=1S/C21H29N3O3/c1-4-6-8-17-9-11-18(12-10-17)21(26)24(13-7-5-2)15-20(25)22-19-14-16(3)27-23-19/h9-12,14H,4-8,13,15H2,1-3H3,(H,22,23,25). The van der Waals surface area contributed by atoms with E-state index in [0.717, 1.165) is 32.1 Å². The third-order valence-corrected chi connectivity index (χ3v) is 4.32. The summed E-state index contributed by atoms with van der Waals surface area (Å²) in [5.74, 6) is 0.567. The zero-order valence-electron chi connectivity index (χ0n) is 16.5. The topological polar surface area (TPSA) is 75.4 Å². The van der Waals surface area contributed by atoms with Gasteiger partial charge in [0.2, 0.25) is 5.91 Å². The van der Waals surface area contributed by atoms with E-state index in [2.05, 4.69) is 24.3 Å². The highest BCUT2D eigenvalue weighted by molar-refractivity contribution is 5.99. The predicted molar refractivity (Wildman–Crippen MR) is 106 cm³/mol. The van der Waals surface area contributed by atoms with Crippen molar-refractivity contribution in [1.29, 1.82) is 0 Å². The maximum absolute atomic E-state index is 12.9. The van der Waals surface area contributed by atoms with Crippen LogP contribution >= 0.6 is 0 Å². The summed E-state index contributed by atoms with van der Waals surface area (Å²) in [5.41, 5.74) is 1.84. The number of aryl methyl sites for hydroxylation is 2. The van der Waals surface area contributed by atoms with E-state index in [-0.39, 0.29) is 18.4 Å². The average Bonchev–Trinajstić information content (AvgIpc) is 3.07. The summed E-state index contributed by atoms with van der Waals surface area (Å²) in [6.45, 7) is 6.50. The van der Waals surface area contributed by atoms with Crippen LogP contribution in [0.25, 0.3) is 0 Å². The minimum absolute atomic E-state index is 0.0116. The Morgan fingerprint density at radius 1 is 1.11 bits per heavy atom. The number of benzene rings is 1. The second-order valence-electron chi connectivity index (χ2n) is 6.75. The highest BCUT2D eigenvalue weighted by Gasteiger charge is 2.19. The lowest BCUT2D eigenvalue weighted by Crippen LogP contribution is -2.38. The van der Waals surface area contributed by atoms with Crippen molar-refractivity contribution in [3.63, 3.8) is 0 Å². The lowest BCUT2D eigenvalue weighted by Gasteiger charge is -2.22. The van der Waals surface area contributed by atoms with Gasteiger partial charge in [0.15, 0.2) is 5.82 Å². The summed E-state index contributed by atoms with van der Waals surface area (Å²) >= 11 is 0. The fourth-order valence-electron chi connectivity index (χ4n) is 2.76. The van der Waals surface area contributed by atoms with Crippen LogP contribution < -0.4 is 5.32 Å². The Hall–Kier alpha value is -2.63. The van der Waals surface area contributed by atoms with Crippen LogP contribution in [-0.2, 0) is 11.2 Å². The van der Waals surface area contributed by atoms with E-state index < -0.39 is 0 Å². The lowest BCUT2D eigenvalue weighted by molar-refractivity contribution is -0.117. The van der Waals surface area contributed by atoms with Crippen LogP contribution in [0.1, 0.15) is 61.2 Å². The normalized spacial score (nSPS) is 10.6. The van der Waals surface area contributed by atoms with Gasteiger partial charge in [-0.15, -0.1) is 0 Å². The number of carbonyl (C=O) groups is 2. The molecule has 1 N–H and O–H groups in total. The van der Waals surface area contributed by atoms with Crippen LogP contribution in [0.4, 0.5) is 5.82 Å². The van der Waals surface area contributed by atoms with E-state index in [4.69, 9.17) is 4.52 Å². The third-order valence-electron chi connectivity index (χ3n) is 4.32. The first-order valence-electron chi connectivity index (χ1n) is 9.64. The largest absolute Gasteiger partial charge is 0.360 e. The van der Waals surface area contributed by atoms with Gasteiger partial charge in [0.1, 0.15) is 12.3 Å². The molecule has 0 spiro atoms. The molecule has 6 nitrogen and oxygen atoms in total. The minimum atomic E-state index is -0.285. The van der Waals surface area contributed by atoms with Gasteiger partial charge in [0, 0.05) is 18.2 Å². The molecule has 2 aromatic rings. The fraction of sp³-hybridized carbons (Fsp3) is 0.476. The van der Waals surface area contributed by atoms with Crippen LogP contribution in [0.3, 0.4) is 0 Å². The van der Waals surface area contributed by atoms with Crippen LogP contribution in [-0.4, -0.2) is 35.0 Å². The number of hydrogen-bond donors (Lipinski definition) is 1. The number of aromatic nitrogens is 1. The molecule has 0 saturated carbocycles. The highest BCUT2D eigenvalue weighted by Crippen LogP contribution is 2.12. The molecule has 0 saturated heterocycles. The van der Waals surface area contributed by atoms with Crippen LogP contribution in [0.2, 0.25) is 0 Å². The van der Waals surface area contributed by atoms with Crippen molar-refractivity contribution in [2.24, 2.45) is 0 Å². The summed E-state index contributed by atoms with van der Waals surface area (Å²) in [5, 5.41) is 6.42. The molecule has 1 aromatic carbocycles. The van der Waals surface area contributed by atoms with Gasteiger partial charge >= 0.3 is 0 Å². The highest BCUT2D eigenvalue weighted by atomic mass is 16.5. The Balaban J connectivity index is 2.02. The van der Waals surface area contributed by atoms with Gasteiger partial charge in [-0.25, -0.2) is 0 Å². The van der Waals surface area contributed by atoms with Crippen molar-refractivity contribution in [2.75, 3.05) is 18.4 Å². The summed E-state index contributed by atoms with van der Waals surface area (Å²) in [4.78, 5) is 26.8. The third kappa shape index (κ3) is 6.55. The lowest BCUT2D eigenvalue weighted by atomic mass is 10.1. The Kier molecular flexibility index (Phi) is 8.04. The molecule has 0 aliphatic heterocycles. The molecule has 0 fully saturated rings. The Labute approximate surface area is 160 Å². The van der Waals surface area contributed by atoms with Crippen LogP contribution in [0, 0.1) is 6.92 Å². The number of unbranched alkanes of at least 4 members (excludes halogenated alkanes) is 2. The smallest absolute Gasteiger partial charge is 0.254 e. The van der Waals surface area contributed by atoms with Crippen molar-refractivity contribution in [1.82, 2.24) is 10.1 Å². The molecule has 0 unspecified atom stereocenters. The Bertz CT molecular complexity index is 737. The van der Waals surface area contributed by atoms with Gasteiger partial charge in [-0.3, -0.25) is 9.59 Å². The quantitative estimate of drug-likeness (QED) is 0.679. The molecule has 0 radical (unpaired) electrons. The first-order chi connectivity index (χ1) is 13.0. The molecule has 2 amide bonds. The van der Waals surface area contributed by atoms with Crippen molar-refractivity contribution < 1.29 is 14.1 Å². The molecule has 27 heavy (non-hydrogen) atoms. The molecular weight excluding hydrogens is 342 g/mol. The van der Waals surface area contributed by atoms with Crippen LogP contribution in [0.15, 0.2) is 34.9 Å². The van der Waals surface area contributed by atoms with E-state index in [9.17, 15) is 9.59 Å². The maximum Gasteiger partial charge on any atom is 0.254 e. The zero-order valence-corrected chi connectivity index (χ0v) is 16.5. The van der Waals surface area contributed by atoms with Gasteiger partial charge in [-0.1, -0.05) is 44.0 Å². The van der Waals surface area contributed by atoms with E-state index in [0.29, 0.717) is 23.7 Å². The van der Waals surface area contributed by atoms with Crippen molar-refractivity contribution >= 4 is 17.6 Å². The molecule has 6 heteroatoms. The molecule has 146 valence electrons. The first kappa shape index (κ1) is 20.7. The van der Waals surface area contributed by atoms with Crippen molar-refractivity contribution in [3.05, 3.63) is 47.2 Å². The second-order valence-corrected chi connectivity index (χ2v) is 6.75. The van der Waals surface area contributed by atoms with Gasteiger partial charge < -0.3 is 14.7 Å². The van der Waals surface area contributed by atoms with Gasteiger partial charge in [0.25, 0.3) is 5.91 Å². The second kappa shape index (κ2) is 10.5. The van der Waals surface area contributed by atoms with Gasteiger partial charge in [0.05, 0.1) is 0 Å². The molecule has 0 bridgehead atoms. The van der Waals surface area contributed by atoms with Gasteiger partial charge in [-0.2, -0.15) is 0 Å². The number of rotatable bonds is 10. The predicted octanol–water partition coefficient (Wildman–Crippen LogP) is 4.21. The van der Waals surface area contributed by atoms with E-state index >= 15 is 0 Å². The fourth-order valence-corrected chi connectivity index (χ4v) is 2.76. The number of nitrogens with one attached hydrogen (secondary N) is 1. The first-order valence-corrected chi connectivity index (χ1v) is 9.64. The molecule has 2 rings (SSSR count). The average molecular weight is 371 g/mol. The molecule has 1 heterocycles. The monoisotopic (exact) mass is 371 g/mol. The summed E-state index contributed by atoms with van der Waals surface area (Å²) in [6, 6.07) is 9.35. The molecule has 0 atom stereocenters. The number of nitrogens with zero attached hydrogens (tertiary/aromatic N) is 2. The molecular formula is C21H29N3O3. The summed E-state index contributed by atoms with van der Waals surface area (Å²) < 4.78 is 4.95. The van der Waals surface area contributed by atoms with E-state index in [1.165, 1.54) is 5.56 Å². The number of carbonyl (C=O) groups excluding carboxylic acids is 2. The number of anilines is 1. The number of amides is 2. The maximum atomic E-state index is 12.9. The molecule has 0 aliphatic carbocycles. The summed E-state index contributed by atoms with van der Waals surface area (Å²) in [6.07, 6.45) is 5.09. The minimum Gasteiger partial charge on any atom is -0.360 e. The van der Waals surface area contributed by atoms with Crippen molar-refractivity contribution in [3.8, 4) is 0 Å². The summed E-state index contributed by atoms with van der Waals surface area (Å²) in [7, 11) is 0. The SMILES string of the molecule is CCCCc1ccc(C(=O)N(CCCC)CC(=O)Nc2cc(C)on2)cc1. The van der Waals surface area contributed by atoms with Crippen LogP contribution in [0.5, 0.6) is 0 Å². The Morgan fingerprint density at radius 3 is 2.41 bits per heavy atom. The molecule has 1 aromatic heterocycles.